The third kappa shape index (κ3) is 3.80. The highest BCUT2D eigenvalue weighted by Gasteiger charge is 2.31. The lowest BCUT2D eigenvalue weighted by atomic mass is 9.98. The molecule has 2 nitrogen and oxygen atoms in total. The van der Waals surface area contributed by atoms with Gasteiger partial charge in [0.2, 0.25) is 0 Å². The second-order valence-electron chi connectivity index (χ2n) is 6.92. The van der Waals surface area contributed by atoms with E-state index in [1.807, 2.05) is 0 Å². The number of fused-ring (bicyclic) bond motifs is 2. The van der Waals surface area contributed by atoms with Gasteiger partial charge in [0.25, 0.3) is 0 Å². The molecule has 0 spiro atoms. The van der Waals surface area contributed by atoms with Crippen molar-refractivity contribution < 1.29 is 0 Å². The van der Waals surface area contributed by atoms with E-state index in [1.54, 1.807) is 0 Å². The van der Waals surface area contributed by atoms with Gasteiger partial charge in [0.15, 0.2) is 0 Å². The predicted molar refractivity (Wildman–Crippen MR) is 92.3 cm³/mol. The molecule has 0 saturated carbocycles. The Morgan fingerprint density at radius 1 is 0.952 bits per heavy atom. The van der Waals surface area contributed by atoms with Crippen molar-refractivity contribution in [3.63, 3.8) is 0 Å². The molecule has 118 valence electrons. The Labute approximate surface area is 135 Å². The first-order valence-electron chi connectivity index (χ1n) is 8.23. The quantitative estimate of drug-likeness (QED) is 0.903. The zero-order valence-electron chi connectivity index (χ0n) is 13.5. The normalized spacial score (nSPS) is 27.2. The summed E-state index contributed by atoms with van der Waals surface area (Å²) < 4.78 is 0. The van der Waals surface area contributed by atoms with Crippen LogP contribution in [0.1, 0.15) is 63.1 Å². The van der Waals surface area contributed by atoms with Gasteiger partial charge in [0.1, 0.15) is 0 Å². The Hall–Kier alpha value is -0.570. The number of rotatable bonds is 3. The second-order valence-corrected chi connectivity index (χ2v) is 6.92. The van der Waals surface area contributed by atoms with Crippen molar-refractivity contribution in [2.24, 2.45) is 0 Å². The van der Waals surface area contributed by atoms with Crippen molar-refractivity contribution in [1.82, 2.24) is 10.2 Å². The number of hydrogen-bond acceptors (Lipinski definition) is 2. The van der Waals surface area contributed by atoms with Crippen molar-refractivity contribution in [3.8, 4) is 0 Å². The number of nitrogens with one attached hydrogen (secondary N) is 1. The standard InChI is InChI=1S/C18H28N2.ClH/c1-13(2)15-4-6-16(7-5-15)14(3)20-11-10-17-8-9-18(12-20)19-17;/h4-7,13-14,17-19H,8-12H2,1-3H3;1H. The Kier molecular flexibility index (Phi) is 5.70. The summed E-state index contributed by atoms with van der Waals surface area (Å²) in [5, 5.41) is 3.77. The number of nitrogens with zero attached hydrogens (tertiary/aromatic N) is 1. The topological polar surface area (TPSA) is 15.3 Å². The molecule has 3 heteroatoms. The molecule has 1 aromatic carbocycles. The van der Waals surface area contributed by atoms with Crippen molar-refractivity contribution in [1.29, 1.82) is 0 Å². The molecule has 0 amide bonds. The summed E-state index contributed by atoms with van der Waals surface area (Å²) in [5.41, 5.74) is 2.91. The Balaban J connectivity index is 0.00000161. The third-order valence-corrected chi connectivity index (χ3v) is 5.19. The van der Waals surface area contributed by atoms with Gasteiger partial charge in [-0.1, -0.05) is 38.1 Å². The highest BCUT2D eigenvalue weighted by molar-refractivity contribution is 5.85. The van der Waals surface area contributed by atoms with Gasteiger partial charge < -0.3 is 5.32 Å². The van der Waals surface area contributed by atoms with E-state index in [9.17, 15) is 0 Å². The Bertz CT molecular complexity index is 443. The summed E-state index contributed by atoms with van der Waals surface area (Å²) in [7, 11) is 0. The molecule has 21 heavy (non-hydrogen) atoms. The third-order valence-electron chi connectivity index (χ3n) is 5.19. The van der Waals surface area contributed by atoms with Gasteiger partial charge in [-0.3, -0.25) is 4.90 Å². The largest absolute Gasteiger partial charge is 0.310 e. The van der Waals surface area contributed by atoms with E-state index in [4.69, 9.17) is 0 Å². The lowest BCUT2D eigenvalue weighted by Gasteiger charge is -2.30. The number of halogens is 1. The Morgan fingerprint density at radius 3 is 2.24 bits per heavy atom. The molecule has 2 saturated heterocycles. The number of hydrogen-bond donors (Lipinski definition) is 1. The summed E-state index contributed by atoms with van der Waals surface area (Å²) in [5.74, 6) is 0.623. The van der Waals surface area contributed by atoms with Gasteiger partial charge in [-0.15, -0.1) is 12.4 Å². The molecule has 0 aromatic heterocycles. The minimum absolute atomic E-state index is 0. The lowest BCUT2D eigenvalue weighted by Crippen LogP contribution is -2.36. The lowest BCUT2D eigenvalue weighted by molar-refractivity contribution is 0.200. The maximum atomic E-state index is 3.77. The summed E-state index contributed by atoms with van der Waals surface area (Å²) in [6.45, 7) is 9.33. The first kappa shape index (κ1) is 16.8. The van der Waals surface area contributed by atoms with Crippen LogP contribution in [0.4, 0.5) is 0 Å². The molecule has 0 radical (unpaired) electrons. The van der Waals surface area contributed by atoms with Crippen LogP contribution < -0.4 is 5.32 Å². The van der Waals surface area contributed by atoms with Crippen molar-refractivity contribution in [3.05, 3.63) is 35.4 Å². The highest BCUT2D eigenvalue weighted by Crippen LogP contribution is 2.28. The van der Waals surface area contributed by atoms with Crippen molar-refractivity contribution in [2.45, 2.75) is 64.1 Å². The summed E-state index contributed by atoms with van der Waals surface area (Å²) >= 11 is 0. The van der Waals surface area contributed by atoms with Crippen LogP contribution in [0.2, 0.25) is 0 Å². The molecule has 2 fully saturated rings. The van der Waals surface area contributed by atoms with E-state index in [2.05, 4.69) is 55.3 Å². The first-order chi connectivity index (χ1) is 9.63. The maximum absolute atomic E-state index is 3.77. The van der Waals surface area contributed by atoms with Crippen LogP contribution in [0, 0.1) is 0 Å². The van der Waals surface area contributed by atoms with E-state index in [1.165, 1.54) is 43.5 Å². The predicted octanol–water partition coefficient (Wildman–Crippen LogP) is 4.12. The molecule has 1 N–H and O–H groups in total. The number of likely N-dealkylation sites (tertiary alicyclic amines) is 1. The van der Waals surface area contributed by atoms with Crippen LogP contribution >= 0.6 is 12.4 Å². The van der Waals surface area contributed by atoms with E-state index in [0.29, 0.717) is 12.0 Å². The van der Waals surface area contributed by atoms with Gasteiger partial charge in [0, 0.05) is 31.2 Å². The van der Waals surface area contributed by atoms with Gasteiger partial charge in [0.05, 0.1) is 0 Å². The molecule has 0 aliphatic carbocycles. The SMILES string of the molecule is CC(C)c1ccc(C(C)N2CCC3CCC(C2)N3)cc1.Cl. The van der Waals surface area contributed by atoms with Crippen LogP contribution in [-0.4, -0.2) is 30.1 Å². The average molecular weight is 309 g/mol. The van der Waals surface area contributed by atoms with Crippen LogP contribution in [0.25, 0.3) is 0 Å². The minimum Gasteiger partial charge on any atom is -0.310 e. The van der Waals surface area contributed by atoms with Gasteiger partial charge >= 0.3 is 0 Å². The number of benzene rings is 1. The van der Waals surface area contributed by atoms with Gasteiger partial charge in [-0.05, 0) is 43.2 Å². The molecular weight excluding hydrogens is 280 g/mol. The summed E-state index contributed by atoms with van der Waals surface area (Å²) in [4.78, 5) is 2.67. The molecule has 2 aliphatic heterocycles. The fraction of sp³-hybridized carbons (Fsp3) is 0.667. The smallest absolute Gasteiger partial charge is 0.0320 e. The fourth-order valence-corrected chi connectivity index (χ4v) is 3.69. The molecule has 3 unspecified atom stereocenters. The van der Waals surface area contributed by atoms with E-state index in [-0.39, 0.29) is 12.4 Å². The molecule has 2 aliphatic rings. The van der Waals surface area contributed by atoms with Crippen LogP contribution in [0.5, 0.6) is 0 Å². The average Bonchev–Trinajstić information content (AvgIpc) is 2.78. The van der Waals surface area contributed by atoms with Crippen molar-refractivity contribution in [2.75, 3.05) is 13.1 Å². The molecular formula is C18H29ClN2. The molecule has 2 bridgehead atoms. The Morgan fingerprint density at radius 2 is 1.57 bits per heavy atom. The highest BCUT2D eigenvalue weighted by atomic mass is 35.5. The maximum Gasteiger partial charge on any atom is 0.0320 e. The molecule has 3 atom stereocenters. The van der Waals surface area contributed by atoms with E-state index < -0.39 is 0 Å². The molecule has 3 rings (SSSR count). The van der Waals surface area contributed by atoms with Crippen LogP contribution in [0.3, 0.4) is 0 Å². The zero-order chi connectivity index (χ0) is 14.1. The van der Waals surface area contributed by atoms with Crippen LogP contribution in [-0.2, 0) is 0 Å². The first-order valence-corrected chi connectivity index (χ1v) is 8.23. The summed E-state index contributed by atoms with van der Waals surface area (Å²) in [6, 6.07) is 11.3. The van der Waals surface area contributed by atoms with E-state index in [0.717, 1.165) is 12.1 Å². The van der Waals surface area contributed by atoms with Gasteiger partial charge in [-0.25, -0.2) is 0 Å². The van der Waals surface area contributed by atoms with E-state index >= 15 is 0 Å². The second kappa shape index (κ2) is 7.13. The van der Waals surface area contributed by atoms with Gasteiger partial charge in [-0.2, -0.15) is 0 Å². The monoisotopic (exact) mass is 308 g/mol. The minimum atomic E-state index is 0. The van der Waals surface area contributed by atoms with Crippen LogP contribution in [0.15, 0.2) is 24.3 Å². The fourth-order valence-electron chi connectivity index (χ4n) is 3.69. The molecule has 1 aromatic rings. The zero-order valence-corrected chi connectivity index (χ0v) is 14.3. The van der Waals surface area contributed by atoms with Crippen molar-refractivity contribution >= 4 is 12.4 Å². The summed E-state index contributed by atoms with van der Waals surface area (Å²) in [6.07, 6.45) is 4.06. The molecule has 2 heterocycles.